The zero-order valence-electron chi connectivity index (χ0n) is 10.7. The summed E-state index contributed by atoms with van der Waals surface area (Å²) in [6.07, 6.45) is 7.31. The fourth-order valence-corrected chi connectivity index (χ4v) is 2.92. The Morgan fingerprint density at radius 3 is 3.12 bits per heavy atom. The predicted octanol–water partition coefficient (Wildman–Crippen LogP) is 1.54. The molecule has 0 aromatic carbocycles. The second-order valence-corrected chi connectivity index (χ2v) is 5.62. The number of piperidine rings is 1. The van der Waals surface area contributed by atoms with E-state index in [1.165, 1.54) is 31.5 Å². The summed E-state index contributed by atoms with van der Waals surface area (Å²) in [5.41, 5.74) is 0. The average Bonchev–Trinajstić information content (AvgIpc) is 2.71. The summed E-state index contributed by atoms with van der Waals surface area (Å²) in [7, 11) is 0. The molecular formula is C13H22N4. The Labute approximate surface area is 103 Å². The van der Waals surface area contributed by atoms with Crippen LogP contribution in [0.25, 0.3) is 0 Å². The van der Waals surface area contributed by atoms with E-state index in [9.17, 15) is 0 Å². The number of hydrogen-bond donors (Lipinski definition) is 1. The van der Waals surface area contributed by atoms with Crippen LogP contribution < -0.4 is 5.32 Å². The maximum atomic E-state index is 4.71. The summed E-state index contributed by atoms with van der Waals surface area (Å²) in [6.45, 7) is 4.53. The van der Waals surface area contributed by atoms with Crippen molar-refractivity contribution in [1.29, 1.82) is 0 Å². The van der Waals surface area contributed by atoms with Crippen molar-refractivity contribution >= 4 is 0 Å². The van der Waals surface area contributed by atoms with Gasteiger partial charge in [-0.2, -0.15) is 5.10 Å². The number of aryl methyl sites for hydroxylation is 1. The molecule has 0 bridgehead atoms. The first-order valence-electron chi connectivity index (χ1n) is 6.97. The summed E-state index contributed by atoms with van der Waals surface area (Å²) >= 11 is 0. The Balaban J connectivity index is 1.67. The van der Waals surface area contributed by atoms with Gasteiger partial charge in [0.2, 0.25) is 0 Å². The fraction of sp³-hybridized carbons (Fsp3) is 0.846. The highest BCUT2D eigenvalue weighted by Gasteiger charge is 2.21. The maximum absolute atomic E-state index is 4.71. The Kier molecular flexibility index (Phi) is 3.14. The van der Waals surface area contributed by atoms with Crippen molar-refractivity contribution < 1.29 is 0 Å². The van der Waals surface area contributed by atoms with E-state index in [-0.39, 0.29) is 0 Å². The van der Waals surface area contributed by atoms with Crippen LogP contribution in [0.1, 0.15) is 44.3 Å². The van der Waals surface area contributed by atoms with E-state index in [0.717, 1.165) is 37.7 Å². The number of aromatic nitrogens is 3. The highest BCUT2D eigenvalue weighted by molar-refractivity contribution is 4.99. The highest BCUT2D eigenvalue weighted by Crippen LogP contribution is 2.19. The molecule has 2 aliphatic rings. The minimum Gasteiger partial charge on any atom is -0.314 e. The van der Waals surface area contributed by atoms with E-state index < -0.39 is 0 Å². The zero-order valence-corrected chi connectivity index (χ0v) is 10.7. The molecule has 0 saturated carbocycles. The van der Waals surface area contributed by atoms with Gasteiger partial charge in [-0.1, -0.05) is 13.3 Å². The van der Waals surface area contributed by atoms with Gasteiger partial charge in [-0.25, -0.2) is 9.67 Å². The van der Waals surface area contributed by atoms with Crippen molar-refractivity contribution in [1.82, 2.24) is 20.1 Å². The van der Waals surface area contributed by atoms with Gasteiger partial charge in [-0.3, -0.25) is 0 Å². The Bertz CT molecular complexity index is 379. The standard InChI is InChI=1S/C13H22N4/c1-10-5-7-17-13(8-10)15-12(16-17)9-11-4-2-3-6-14-11/h10-11,14H,2-9H2,1H3. The van der Waals surface area contributed by atoms with Crippen molar-refractivity contribution in [2.45, 2.75) is 58.0 Å². The van der Waals surface area contributed by atoms with Crippen LogP contribution in [0, 0.1) is 5.92 Å². The molecule has 17 heavy (non-hydrogen) atoms. The third kappa shape index (κ3) is 2.51. The molecule has 2 unspecified atom stereocenters. The molecule has 0 radical (unpaired) electrons. The lowest BCUT2D eigenvalue weighted by molar-refractivity contribution is 0.381. The average molecular weight is 234 g/mol. The molecule has 0 spiro atoms. The van der Waals surface area contributed by atoms with Crippen LogP contribution in [0.4, 0.5) is 0 Å². The molecule has 1 aromatic rings. The number of nitrogens with one attached hydrogen (secondary N) is 1. The van der Waals surface area contributed by atoms with E-state index in [2.05, 4.69) is 22.0 Å². The molecule has 1 aromatic heterocycles. The Hall–Kier alpha value is -0.900. The van der Waals surface area contributed by atoms with Crippen molar-refractivity contribution in [2.75, 3.05) is 6.54 Å². The SMILES string of the molecule is CC1CCn2nc(CC3CCCCN3)nc2C1. The largest absolute Gasteiger partial charge is 0.314 e. The summed E-state index contributed by atoms with van der Waals surface area (Å²) in [6, 6.07) is 0.602. The normalized spacial score (nSPS) is 29.0. The Morgan fingerprint density at radius 2 is 2.29 bits per heavy atom. The molecule has 1 saturated heterocycles. The van der Waals surface area contributed by atoms with Gasteiger partial charge in [-0.05, 0) is 31.7 Å². The second-order valence-electron chi connectivity index (χ2n) is 5.62. The monoisotopic (exact) mass is 234 g/mol. The van der Waals surface area contributed by atoms with Crippen molar-refractivity contribution in [3.63, 3.8) is 0 Å². The summed E-state index contributed by atoms with van der Waals surface area (Å²) in [4.78, 5) is 4.71. The molecular weight excluding hydrogens is 212 g/mol. The van der Waals surface area contributed by atoms with Crippen molar-refractivity contribution in [3.05, 3.63) is 11.6 Å². The lowest BCUT2D eigenvalue weighted by Crippen LogP contribution is -2.35. The van der Waals surface area contributed by atoms with Gasteiger partial charge in [0.05, 0.1) is 0 Å². The first-order valence-corrected chi connectivity index (χ1v) is 6.97. The van der Waals surface area contributed by atoms with Gasteiger partial charge >= 0.3 is 0 Å². The molecule has 1 N–H and O–H groups in total. The molecule has 4 nitrogen and oxygen atoms in total. The van der Waals surface area contributed by atoms with Crippen LogP contribution in [0.5, 0.6) is 0 Å². The molecule has 2 atom stereocenters. The van der Waals surface area contributed by atoms with Crippen LogP contribution in [0.2, 0.25) is 0 Å². The van der Waals surface area contributed by atoms with Gasteiger partial charge in [-0.15, -0.1) is 0 Å². The fourth-order valence-electron chi connectivity index (χ4n) is 2.92. The highest BCUT2D eigenvalue weighted by atomic mass is 15.4. The summed E-state index contributed by atoms with van der Waals surface area (Å²) in [5.74, 6) is 3.02. The molecule has 3 rings (SSSR count). The number of rotatable bonds is 2. The molecule has 0 aliphatic carbocycles. The minimum absolute atomic E-state index is 0.602. The lowest BCUT2D eigenvalue weighted by atomic mass is 10.0. The van der Waals surface area contributed by atoms with Crippen LogP contribution in [0.3, 0.4) is 0 Å². The van der Waals surface area contributed by atoms with Crippen LogP contribution in [-0.4, -0.2) is 27.4 Å². The van der Waals surface area contributed by atoms with E-state index in [4.69, 9.17) is 4.98 Å². The zero-order chi connectivity index (χ0) is 11.7. The molecule has 0 amide bonds. The molecule has 2 aliphatic heterocycles. The first kappa shape index (κ1) is 11.2. The van der Waals surface area contributed by atoms with Gasteiger partial charge in [0.15, 0.2) is 5.82 Å². The second kappa shape index (κ2) is 4.77. The van der Waals surface area contributed by atoms with E-state index >= 15 is 0 Å². The predicted molar refractivity (Wildman–Crippen MR) is 66.9 cm³/mol. The van der Waals surface area contributed by atoms with E-state index in [1.54, 1.807) is 0 Å². The topological polar surface area (TPSA) is 42.7 Å². The Morgan fingerprint density at radius 1 is 1.35 bits per heavy atom. The maximum Gasteiger partial charge on any atom is 0.152 e. The summed E-state index contributed by atoms with van der Waals surface area (Å²) < 4.78 is 2.12. The van der Waals surface area contributed by atoms with Gasteiger partial charge in [0.25, 0.3) is 0 Å². The molecule has 94 valence electrons. The number of fused-ring (bicyclic) bond motifs is 1. The quantitative estimate of drug-likeness (QED) is 0.844. The minimum atomic E-state index is 0.602. The summed E-state index contributed by atoms with van der Waals surface area (Å²) in [5, 5.41) is 8.21. The van der Waals surface area contributed by atoms with Gasteiger partial charge in [0, 0.05) is 25.4 Å². The van der Waals surface area contributed by atoms with E-state index in [1.807, 2.05) is 0 Å². The number of hydrogen-bond acceptors (Lipinski definition) is 3. The van der Waals surface area contributed by atoms with Gasteiger partial charge < -0.3 is 5.32 Å². The number of nitrogens with zero attached hydrogens (tertiary/aromatic N) is 3. The molecule has 4 heteroatoms. The lowest BCUT2D eigenvalue weighted by Gasteiger charge is -2.21. The third-order valence-electron chi connectivity index (χ3n) is 4.00. The third-order valence-corrected chi connectivity index (χ3v) is 4.00. The van der Waals surface area contributed by atoms with Crippen molar-refractivity contribution in [2.24, 2.45) is 5.92 Å². The molecule has 3 heterocycles. The van der Waals surface area contributed by atoms with Crippen LogP contribution in [0.15, 0.2) is 0 Å². The smallest absolute Gasteiger partial charge is 0.152 e. The van der Waals surface area contributed by atoms with Crippen LogP contribution >= 0.6 is 0 Å². The first-order chi connectivity index (χ1) is 8.31. The van der Waals surface area contributed by atoms with E-state index in [0.29, 0.717) is 6.04 Å². The molecule has 1 fully saturated rings. The van der Waals surface area contributed by atoms with Crippen LogP contribution in [-0.2, 0) is 19.4 Å². The van der Waals surface area contributed by atoms with Gasteiger partial charge in [0.1, 0.15) is 5.82 Å². The van der Waals surface area contributed by atoms with Crippen molar-refractivity contribution in [3.8, 4) is 0 Å².